The fourth-order valence-electron chi connectivity index (χ4n) is 4.89. The third-order valence-corrected chi connectivity index (χ3v) is 6.67. The van der Waals surface area contributed by atoms with Gasteiger partial charge in [0.25, 0.3) is 5.95 Å². The molecule has 4 aromatic rings. The Morgan fingerprint density at radius 2 is 1.62 bits per heavy atom. The number of rotatable bonds is 5. The number of fused-ring (bicyclic) bond motifs is 2. The molecule has 0 spiro atoms. The molecule has 0 atom stereocenters. The minimum Gasteiger partial charge on any atom is -0.413 e. The van der Waals surface area contributed by atoms with Crippen LogP contribution < -0.4 is 5.43 Å². The molecule has 5 rings (SSSR count). The Morgan fingerprint density at radius 1 is 0.973 bits per heavy atom. The fraction of sp³-hybridized carbons (Fsp3) is 0.345. The molecule has 192 valence electrons. The summed E-state index contributed by atoms with van der Waals surface area (Å²) >= 11 is 0. The summed E-state index contributed by atoms with van der Waals surface area (Å²) < 4.78 is 13.0. The van der Waals surface area contributed by atoms with Crippen LogP contribution in [0, 0.1) is 0 Å². The van der Waals surface area contributed by atoms with Crippen molar-refractivity contribution in [3.05, 3.63) is 83.6 Å². The number of methoxy groups -OCH3 is 1. The standard InChI is InChI=1S/C29H34N5O3/c1-29(2,3)37-28(35)34(18-15-21-10-5-6-11-22(21)16-19-34)32-27-30-26-25(14-9-17-33(26)31-27)24-13-8-7-12-23(24)20-36-4/h5-14,17H,15-16,18-20H2,1-4H3,(H,31,32)/q+1. The van der Waals surface area contributed by atoms with Crippen molar-refractivity contribution in [2.45, 2.75) is 45.8 Å². The Morgan fingerprint density at radius 3 is 2.30 bits per heavy atom. The van der Waals surface area contributed by atoms with E-state index in [1.165, 1.54) is 11.1 Å². The molecule has 3 heterocycles. The maximum absolute atomic E-state index is 13.7. The summed E-state index contributed by atoms with van der Waals surface area (Å²) in [5.41, 5.74) is 9.05. The van der Waals surface area contributed by atoms with Crippen molar-refractivity contribution < 1.29 is 18.9 Å². The average molecular weight is 501 g/mol. The number of quaternary nitrogens is 1. The summed E-state index contributed by atoms with van der Waals surface area (Å²) in [5.74, 6) is 0.383. The lowest BCUT2D eigenvalue weighted by molar-refractivity contribution is -0.836. The van der Waals surface area contributed by atoms with Gasteiger partial charge in [-0.1, -0.05) is 48.5 Å². The van der Waals surface area contributed by atoms with Gasteiger partial charge in [-0.25, -0.2) is 4.52 Å². The van der Waals surface area contributed by atoms with Gasteiger partial charge in [-0.15, -0.1) is 9.69 Å². The number of carbonyl (C=O) groups excluding carboxylic acids is 1. The molecule has 2 aromatic heterocycles. The van der Waals surface area contributed by atoms with Crippen molar-refractivity contribution in [3.8, 4) is 11.1 Å². The molecule has 0 bridgehead atoms. The first kappa shape index (κ1) is 24.9. The second kappa shape index (κ2) is 9.95. The van der Waals surface area contributed by atoms with E-state index in [1.54, 1.807) is 11.6 Å². The molecule has 1 aliphatic rings. The van der Waals surface area contributed by atoms with E-state index >= 15 is 0 Å². The van der Waals surface area contributed by atoms with Crippen LogP contribution >= 0.6 is 0 Å². The van der Waals surface area contributed by atoms with Crippen LogP contribution in [0.15, 0.2) is 66.9 Å². The minimum absolute atomic E-state index is 0.0849. The zero-order chi connectivity index (χ0) is 26.0. The predicted molar refractivity (Wildman–Crippen MR) is 143 cm³/mol. The summed E-state index contributed by atoms with van der Waals surface area (Å²) in [5, 5.41) is 4.71. The number of nitrogens with zero attached hydrogens (tertiary/aromatic N) is 4. The van der Waals surface area contributed by atoms with Gasteiger partial charge in [0, 0.05) is 31.7 Å². The molecule has 0 fully saturated rings. The van der Waals surface area contributed by atoms with Crippen LogP contribution in [0.1, 0.15) is 37.5 Å². The maximum atomic E-state index is 13.7. The Bertz CT molecular complexity index is 1400. The highest BCUT2D eigenvalue weighted by atomic mass is 16.6. The topological polar surface area (TPSA) is 77.8 Å². The van der Waals surface area contributed by atoms with Crippen LogP contribution in [0.25, 0.3) is 16.8 Å². The largest absolute Gasteiger partial charge is 0.541 e. The molecular formula is C29H34N5O3+. The Balaban J connectivity index is 1.53. The van der Waals surface area contributed by atoms with E-state index in [-0.39, 0.29) is 10.7 Å². The number of nitrogens with one attached hydrogen (secondary N) is 1. The van der Waals surface area contributed by atoms with Crippen molar-refractivity contribution >= 4 is 17.7 Å². The van der Waals surface area contributed by atoms with Crippen molar-refractivity contribution in [1.29, 1.82) is 0 Å². The van der Waals surface area contributed by atoms with Crippen LogP contribution in [-0.4, -0.2) is 51.1 Å². The van der Waals surface area contributed by atoms with Crippen LogP contribution in [0.3, 0.4) is 0 Å². The second-order valence-electron chi connectivity index (χ2n) is 10.5. The molecule has 0 saturated carbocycles. The highest BCUT2D eigenvalue weighted by Crippen LogP contribution is 2.29. The number of benzene rings is 2. The lowest BCUT2D eigenvalue weighted by atomic mass is 10.0. The lowest BCUT2D eigenvalue weighted by Gasteiger charge is -2.34. The summed E-state index contributed by atoms with van der Waals surface area (Å²) in [6.45, 7) is 7.23. The molecule has 2 aromatic carbocycles. The monoisotopic (exact) mass is 500 g/mol. The van der Waals surface area contributed by atoms with Gasteiger partial charge in [0.05, 0.1) is 6.61 Å². The molecular weight excluding hydrogens is 466 g/mol. The maximum Gasteiger partial charge on any atom is 0.541 e. The van der Waals surface area contributed by atoms with Gasteiger partial charge in [-0.05, 0) is 55.2 Å². The molecule has 8 heteroatoms. The van der Waals surface area contributed by atoms with E-state index in [0.717, 1.165) is 29.5 Å². The van der Waals surface area contributed by atoms with E-state index in [1.807, 2.05) is 63.4 Å². The SMILES string of the molecule is COCc1ccccc1-c1cccn2nc(N[N+]3(C(=O)OC(C)(C)C)CCc4ccccc4CC3)nc12. The summed E-state index contributed by atoms with van der Waals surface area (Å²) in [6, 6.07) is 20.5. The number of ether oxygens (including phenoxy) is 2. The van der Waals surface area contributed by atoms with Gasteiger partial charge >= 0.3 is 6.09 Å². The highest BCUT2D eigenvalue weighted by Gasteiger charge is 2.44. The van der Waals surface area contributed by atoms with Gasteiger partial charge in [-0.3, -0.25) is 0 Å². The van der Waals surface area contributed by atoms with Crippen molar-refractivity contribution in [2.75, 3.05) is 25.6 Å². The first-order valence-corrected chi connectivity index (χ1v) is 12.7. The Hall–Kier alpha value is -3.75. The Labute approximate surface area is 217 Å². The molecule has 0 saturated heterocycles. The minimum atomic E-state index is -0.617. The number of hydrogen-bond acceptors (Lipinski definition) is 6. The number of carbonyl (C=O) groups is 1. The zero-order valence-corrected chi connectivity index (χ0v) is 21.9. The summed E-state index contributed by atoms with van der Waals surface area (Å²) in [4.78, 5) is 18.5. The molecule has 1 aliphatic heterocycles. The number of hydrogen-bond donors (Lipinski definition) is 1. The number of anilines is 1. The molecule has 8 nitrogen and oxygen atoms in total. The molecule has 0 aliphatic carbocycles. The van der Waals surface area contributed by atoms with E-state index in [9.17, 15) is 4.79 Å². The quantitative estimate of drug-likeness (QED) is 0.369. The summed E-state index contributed by atoms with van der Waals surface area (Å²) in [7, 11) is 1.69. The Kier molecular flexibility index (Phi) is 6.70. The first-order chi connectivity index (χ1) is 17.8. The van der Waals surface area contributed by atoms with Crippen LogP contribution in [0.4, 0.5) is 10.7 Å². The fourth-order valence-corrected chi connectivity index (χ4v) is 4.89. The number of pyridine rings is 1. The van der Waals surface area contributed by atoms with Gasteiger partial charge < -0.3 is 9.47 Å². The van der Waals surface area contributed by atoms with Crippen molar-refractivity contribution in [3.63, 3.8) is 0 Å². The second-order valence-corrected chi connectivity index (χ2v) is 10.5. The van der Waals surface area contributed by atoms with Crippen LogP contribution in [-0.2, 0) is 28.9 Å². The van der Waals surface area contributed by atoms with Gasteiger partial charge in [0.2, 0.25) is 0 Å². The average Bonchev–Trinajstić information content (AvgIpc) is 3.18. The van der Waals surface area contributed by atoms with E-state index in [0.29, 0.717) is 31.3 Å². The van der Waals surface area contributed by atoms with E-state index in [2.05, 4.69) is 29.7 Å². The predicted octanol–water partition coefficient (Wildman–Crippen LogP) is 5.42. The van der Waals surface area contributed by atoms with E-state index < -0.39 is 5.60 Å². The zero-order valence-electron chi connectivity index (χ0n) is 21.9. The molecule has 1 N–H and O–H groups in total. The molecule has 37 heavy (non-hydrogen) atoms. The van der Waals surface area contributed by atoms with E-state index in [4.69, 9.17) is 19.6 Å². The summed E-state index contributed by atoms with van der Waals surface area (Å²) in [6.07, 6.45) is 3.02. The van der Waals surface area contributed by atoms with Gasteiger partial charge in [0.15, 0.2) is 5.65 Å². The number of amides is 1. The highest BCUT2D eigenvalue weighted by molar-refractivity contribution is 5.80. The van der Waals surface area contributed by atoms with Gasteiger partial charge in [0.1, 0.15) is 18.7 Å². The third kappa shape index (κ3) is 5.21. The van der Waals surface area contributed by atoms with Gasteiger partial charge in [-0.2, -0.15) is 15.2 Å². The van der Waals surface area contributed by atoms with Crippen LogP contribution in [0.5, 0.6) is 0 Å². The first-order valence-electron chi connectivity index (χ1n) is 12.7. The third-order valence-electron chi connectivity index (χ3n) is 6.67. The normalized spacial score (nSPS) is 15.1. The molecule has 0 radical (unpaired) electrons. The molecule has 0 unspecified atom stereocenters. The van der Waals surface area contributed by atoms with Crippen molar-refractivity contribution in [2.24, 2.45) is 0 Å². The smallest absolute Gasteiger partial charge is 0.413 e. The van der Waals surface area contributed by atoms with Crippen LogP contribution in [0.2, 0.25) is 0 Å². The van der Waals surface area contributed by atoms with Crippen molar-refractivity contribution in [1.82, 2.24) is 14.6 Å². The number of aromatic nitrogens is 3. The molecule has 1 amide bonds. The lowest BCUT2D eigenvalue weighted by Crippen LogP contribution is -2.60.